The number of nitrogens with zero attached hydrogens (tertiary/aromatic N) is 4. The van der Waals surface area contributed by atoms with E-state index in [1.54, 1.807) is 0 Å². The molecule has 1 saturated heterocycles. The van der Waals surface area contributed by atoms with Gasteiger partial charge >= 0.3 is 0 Å². The number of fused-ring (bicyclic) bond motifs is 1. The highest BCUT2D eigenvalue weighted by Gasteiger charge is 2.16. The Balaban J connectivity index is 1.32. The van der Waals surface area contributed by atoms with Crippen LogP contribution in [0.3, 0.4) is 0 Å². The first kappa shape index (κ1) is 18.0. The Labute approximate surface area is 175 Å². The Morgan fingerprint density at radius 2 is 1.69 bits per heavy atom. The summed E-state index contributed by atoms with van der Waals surface area (Å²) in [6.07, 6.45) is 3.01. The normalized spacial score (nSPS) is 14.9. The minimum Gasteiger partial charge on any atom is -0.370 e. The van der Waals surface area contributed by atoms with Gasteiger partial charge in [-0.15, -0.1) is 0 Å². The van der Waals surface area contributed by atoms with Gasteiger partial charge in [0.2, 0.25) is 0 Å². The molecule has 5 rings (SSSR count). The van der Waals surface area contributed by atoms with Crippen LogP contribution in [0.15, 0.2) is 66.9 Å². The Kier molecular flexibility index (Phi) is 4.82. The van der Waals surface area contributed by atoms with Crippen LogP contribution in [0.4, 0.5) is 11.5 Å². The lowest BCUT2D eigenvalue weighted by atomic mass is 10.2. The van der Waals surface area contributed by atoms with Gasteiger partial charge in [0.15, 0.2) is 0 Å². The molecule has 1 aliphatic rings. The predicted molar refractivity (Wildman–Crippen MR) is 120 cm³/mol. The summed E-state index contributed by atoms with van der Waals surface area (Å²) in [7, 11) is 0. The van der Waals surface area contributed by atoms with Crippen molar-refractivity contribution in [2.75, 3.05) is 36.0 Å². The molecule has 29 heavy (non-hydrogen) atoms. The number of nitrogens with one attached hydrogen (secondary N) is 1. The van der Waals surface area contributed by atoms with Gasteiger partial charge in [0.05, 0.1) is 11.0 Å². The maximum atomic E-state index is 6.07. The van der Waals surface area contributed by atoms with E-state index in [0.29, 0.717) is 5.02 Å². The van der Waals surface area contributed by atoms with Gasteiger partial charge in [-0.3, -0.25) is 0 Å². The molecule has 3 heterocycles. The summed E-state index contributed by atoms with van der Waals surface area (Å²) in [6, 6.07) is 20.5. The molecule has 5 nitrogen and oxygen atoms in total. The van der Waals surface area contributed by atoms with E-state index in [0.717, 1.165) is 60.8 Å². The molecule has 146 valence electrons. The molecule has 0 unspecified atom stereocenters. The number of hydrogen-bond acceptors (Lipinski definition) is 4. The van der Waals surface area contributed by atoms with Gasteiger partial charge in [0.25, 0.3) is 0 Å². The number of H-pyrrole nitrogens is 1. The lowest BCUT2D eigenvalue weighted by molar-refractivity contribution is 0.798. The molecular formula is C23H22ClN5. The fourth-order valence-electron chi connectivity index (χ4n) is 3.88. The second kappa shape index (κ2) is 7.76. The van der Waals surface area contributed by atoms with Gasteiger partial charge in [-0.05, 0) is 48.9 Å². The van der Waals surface area contributed by atoms with Gasteiger partial charge in [0.1, 0.15) is 11.6 Å². The van der Waals surface area contributed by atoms with E-state index in [1.165, 1.54) is 5.69 Å². The van der Waals surface area contributed by atoms with Crippen LogP contribution >= 0.6 is 11.6 Å². The minimum atomic E-state index is 0.701. The molecule has 0 atom stereocenters. The van der Waals surface area contributed by atoms with Crippen molar-refractivity contribution in [1.82, 2.24) is 15.0 Å². The molecule has 4 aromatic rings. The summed E-state index contributed by atoms with van der Waals surface area (Å²) in [5.41, 5.74) is 4.11. The Morgan fingerprint density at radius 3 is 2.52 bits per heavy atom. The molecule has 0 amide bonds. The van der Waals surface area contributed by atoms with Crippen molar-refractivity contribution in [2.24, 2.45) is 0 Å². The number of halogens is 1. The monoisotopic (exact) mass is 403 g/mol. The van der Waals surface area contributed by atoms with Gasteiger partial charge in [-0.1, -0.05) is 29.8 Å². The van der Waals surface area contributed by atoms with Crippen LogP contribution < -0.4 is 9.80 Å². The number of rotatable bonds is 3. The molecule has 0 radical (unpaired) electrons. The number of aromatic amines is 1. The van der Waals surface area contributed by atoms with Crippen LogP contribution in [0.5, 0.6) is 0 Å². The van der Waals surface area contributed by atoms with Crippen LogP contribution in [0.25, 0.3) is 22.4 Å². The van der Waals surface area contributed by atoms with E-state index in [9.17, 15) is 0 Å². The molecule has 0 saturated carbocycles. The van der Waals surface area contributed by atoms with Crippen molar-refractivity contribution in [3.8, 4) is 11.4 Å². The number of benzene rings is 2. The van der Waals surface area contributed by atoms with Crippen LogP contribution in [0.1, 0.15) is 6.42 Å². The Morgan fingerprint density at radius 1 is 0.862 bits per heavy atom. The van der Waals surface area contributed by atoms with E-state index in [4.69, 9.17) is 16.6 Å². The van der Waals surface area contributed by atoms with Crippen LogP contribution in [0.2, 0.25) is 5.02 Å². The first-order valence-electron chi connectivity index (χ1n) is 9.93. The highest BCUT2D eigenvalue weighted by Crippen LogP contribution is 2.24. The third-order valence-electron chi connectivity index (χ3n) is 5.41. The van der Waals surface area contributed by atoms with Crippen molar-refractivity contribution < 1.29 is 0 Å². The third-order valence-corrected chi connectivity index (χ3v) is 5.64. The molecule has 1 aliphatic heterocycles. The van der Waals surface area contributed by atoms with Gasteiger partial charge in [-0.25, -0.2) is 9.97 Å². The van der Waals surface area contributed by atoms with Crippen LogP contribution in [-0.4, -0.2) is 41.1 Å². The van der Waals surface area contributed by atoms with Crippen molar-refractivity contribution in [1.29, 1.82) is 0 Å². The maximum Gasteiger partial charge on any atom is 0.140 e. The largest absolute Gasteiger partial charge is 0.370 e. The topological polar surface area (TPSA) is 48.1 Å². The molecule has 6 heteroatoms. The summed E-state index contributed by atoms with van der Waals surface area (Å²) in [4.78, 5) is 17.5. The fraction of sp³-hybridized carbons (Fsp3) is 0.217. The van der Waals surface area contributed by atoms with Crippen molar-refractivity contribution in [3.63, 3.8) is 0 Å². The summed E-state index contributed by atoms with van der Waals surface area (Å²) < 4.78 is 0. The predicted octanol–water partition coefficient (Wildman–Crippen LogP) is 5.00. The lowest BCUT2D eigenvalue weighted by Crippen LogP contribution is -2.31. The van der Waals surface area contributed by atoms with Crippen LogP contribution in [-0.2, 0) is 0 Å². The number of anilines is 2. The molecule has 0 spiro atoms. The zero-order chi connectivity index (χ0) is 19.6. The maximum absolute atomic E-state index is 6.07. The first-order valence-corrected chi connectivity index (χ1v) is 10.3. The van der Waals surface area contributed by atoms with Gasteiger partial charge in [-0.2, -0.15) is 0 Å². The SMILES string of the molecule is Clc1ccc2nc(-c3ccc(N4CCCN(c5ccccc5)CC4)nc3)[nH]c2c1. The quantitative estimate of drug-likeness (QED) is 0.523. The second-order valence-corrected chi connectivity index (χ2v) is 7.75. The Bertz CT molecular complexity index is 1110. The number of pyridine rings is 1. The smallest absolute Gasteiger partial charge is 0.140 e. The summed E-state index contributed by atoms with van der Waals surface area (Å²) >= 11 is 6.07. The summed E-state index contributed by atoms with van der Waals surface area (Å²) in [5, 5.41) is 0.701. The lowest BCUT2D eigenvalue weighted by Gasteiger charge is -2.24. The summed E-state index contributed by atoms with van der Waals surface area (Å²) in [5.74, 6) is 1.83. The molecule has 2 aromatic carbocycles. The van der Waals surface area contributed by atoms with E-state index in [2.05, 4.69) is 62.2 Å². The molecule has 1 fully saturated rings. The van der Waals surface area contributed by atoms with Gasteiger partial charge in [0, 0.05) is 48.6 Å². The van der Waals surface area contributed by atoms with Crippen LogP contribution in [0, 0.1) is 0 Å². The number of para-hydroxylation sites is 1. The van der Waals surface area contributed by atoms with E-state index in [1.807, 2.05) is 24.4 Å². The Hall–Kier alpha value is -3.05. The average Bonchev–Trinajstić information content (AvgIpc) is 3.02. The van der Waals surface area contributed by atoms with Gasteiger partial charge < -0.3 is 14.8 Å². The number of hydrogen-bond donors (Lipinski definition) is 1. The van der Waals surface area contributed by atoms with E-state index < -0.39 is 0 Å². The molecule has 0 bridgehead atoms. The standard InChI is InChI=1S/C23H22ClN5/c24-18-8-9-20-21(15-18)27-23(26-20)17-7-10-22(25-16-17)29-12-4-11-28(13-14-29)19-5-2-1-3-6-19/h1-3,5-10,15-16H,4,11-14H2,(H,26,27). The highest BCUT2D eigenvalue weighted by atomic mass is 35.5. The first-order chi connectivity index (χ1) is 14.3. The van der Waals surface area contributed by atoms with E-state index in [-0.39, 0.29) is 0 Å². The zero-order valence-corrected chi connectivity index (χ0v) is 16.8. The molecule has 2 aromatic heterocycles. The number of imidazole rings is 1. The van der Waals surface area contributed by atoms with E-state index >= 15 is 0 Å². The fourth-order valence-corrected chi connectivity index (χ4v) is 4.05. The minimum absolute atomic E-state index is 0.701. The average molecular weight is 404 g/mol. The third kappa shape index (κ3) is 3.78. The van der Waals surface area contributed by atoms with Crippen molar-refractivity contribution >= 4 is 34.1 Å². The summed E-state index contributed by atoms with van der Waals surface area (Å²) in [6.45, 7) is 4.04. The van der Waals surface area contributed by atoms with Crippen molar-refractivity contribution in [2.45, 2.75) is 6.42 Å². The molecule has 1 N–H and O–H groups in total. The second-order valence-electron chi connectivity index (χ2n) is 7.32. The molecule has 0 aliphatic carbocycles. The number of aromatic nitrogens is 3. The highest BCUT2D eigenvalue weighted by molar-refractivity contribution is 6.31. The molecular weight excluding hydrogens is 382 g/mol. The zero-order valence-electron chi connectivity index (χ0n) is 16.1. The van der Waals surface area contributed by atoms with Crippen molar-refractivity contribution in [3.05, 3.63) is 71.9 Å².